The molecule has 1 aromatic rings. The summed E-state index contributed by atoms with van der Waals surface area (Å²) < 4.78 is 26.1. The summed E-state index contributed by atoms with van der Waals surface area (Å²) in [4.78, 5) is 16.5. The summed E-state index contributed by atoms with van der Waals surface area (Å²) >= 11 is 1.25. The second kappa shape index (κ2) is 14.1. The Morgan fingerprint density at radius 3 is 2.21 bits per heavy atom. The van der Waals surface area contributed by atoms with Gasteiger partial charge >= 0.3 is 0 Å². The van der Waals surface area contributed by atoms with Crippen LogP contribution in [0.25, 0.3) is 0 Å². The maximum Gasteiger partial charge on any atom is 0.280 e. The number of unbranched alkanes of at least 4 members (excludes halogenated alkanes) is 2. The molecule has 1 aromatic heterocycles. The van der Waals surface area contributed by atoms with Crippen LogP contribution in [0.5, 0.6) is 0 Å². The summed E-state index contributed by atoms with van der Waals surface area (Å²) in [5.74, 6) is 1.11. The molecule has 1 fully saturated rings. The van der Waals surface area contributed by atoms with Gasteiger partial charge in [0.05, 0.1) is 15.5 Å². The second-order valence-corrected chi connectivity index (χ2v) is 8.53. The Balaban J connectivity index is 0.000000604. The number of carbonyl (C=O) groups is 1. The average Bonchev–Trinajstić information content (AvgIpc) is 3.34. The highest BCUT2D eigenvalue weighted by molar-refractivity contribution is 7.18. The first-order valence-corrected chi connectivity index (χ1v) is 11.5. The highest BCUT2D eigenvalue weighted by Gasteiger charge is 2.24. The van der Waals surface area contributed by atoms with Gasteiger partial charge in [0.15, 0.2) is 5.78 Å². The van der Waals surface area contributed by atoms with Gasteiger partial charge < -0.3 is 0 Å². The number of halogens is 2. The van der Waals surface area contributed by atoms with Crippen LogP contribution in [0, 0.1) is 5.92 Å². The van der Waals surface area contributed by atoms with Crippen molar-refractivity contribution in [3.8, 4) is 0 Å². The SMILES string of the molecule is CC.CCCCCC1CC1.CN=C(/C=C(\C)C(F)(F)P)c1ccc(C(C)=O)s1. The number of Topliss-reactive ketones (excluding diaryl/α,β-unsaturated/α-hetero) is 1. The summed E-state index contributed by atoms with van der Waals surface area (Å²) in [6, 6.07) is 3.39. The summed E-state index contributed by atoms with van der Waals surface area (Å²) in [6.45, 7) is 9.08. The van der Waals surface area contributed by atoms with Gasteiger partial charge in [-0.15, -0.1) is 11.3 Å². The fourth-order valence-electron chi connectivity index (χ4n) is 2.30. The number of nitrogens with zero attached hydrogens (tertiary/aromatic N) is 1. The standard InChI is InChI=1S/C12H14F2NOPS.C8H16.C2H6/c1-7(12(13,14)17)6-9(15-3)11-5-4-10(18-11)8(2)16;1-2-3-4-5-8-6-7-8;1-2/h4-6H,17H2,1-3H3;8H,2-7H2,1H3;1-2H3/b7-6+,15-9?;;. The minimum Gasteiger partial charge on any atom is -0.294 e. The third-order valence-electron chi connectivity index (χ3n) is 4.24. The Kier molecular flexibility index (Phi) is 13.6. The van der Waals surface area contributed by atoms with Crippen molar-refractivity contribution >= 4 is 32.1 Å². The lowest BCUT2D eigenvalue weighted by molar-refractivity contribution is 0.102. The van der Waals surface area contributed by atoms with E-state index in [4.69, 9.17) is 0 Å². The molecular formula is C22H36F2NOPS. The number of rotatable bonds is 8. The predicted molar refractivity (Wildman–Crippen MR) is 123 cm³/mol. The van der Waals surface area contributed by atoms with Crippen LogP contribution in [-0.4, -0.2) is 24.2 Å². The molecule has 1 atom stereocenters. The highest BCUT2D eigenvalue weighted by Crippen LogP contribution is 2.34. The number of alkyl halides is 2. The third-order valence-corrected chi connectivity index (χ3v) is 5.90. The van der Waals surface area contributed by atoms with E-state index < -0.39 is 5.66 Å². The van der Waals surface area contributed by atoms with Gasteiger partial charge in [-0.2, -0.15) is 8.78 Å². The normalized spacial score (nSPS) is 14.6. The minimum atomic E-state index is -2.95. The zero-order valence-electron chi connectivity index (χ0n) is 18.1. The zero-order valence-corrected chi connectivity index (χ0v) is 20.1. The summed E-state index contributed by atoms with van der Waals surface area (Å²) in [7, 11) is 3.03. The Hall–Kier alpha value is -0.930. The number of aliphatic imine (C=N–C) groups is 1. The first-order chi connectivity index (χ1) is 13.2. The molecule has 28 heavy (non-hydrogen) atoms. The molecule has 0 amide bonds. The van der Waals surface area contributed by atoms with Crippen molar-refractivity contribution < 1.29 is 13.6 Å². The molecule has 1 unspecified atom stereocenters. The molecule has 0 aromatic carbocycles. The fourth-order valence-corrected chi connectivity index (χ4v) is 3.29. The van der Waals surface area contributed by atoms with Crippen molar-refractivity contribution in [3.63, 3.8) is 0 Å². The lowest BCUT2D eigenvalue weighted by Gasteiger charge is -2.10. The van der Waals surface area contributed by atoms with Crippen LogP contribution in [0.4, 0.5) is 8.78 Å². The maximum atomic E-state index is 13.1. The smallest absolute Gasteiger partial charge is 0.280 e. The number of ketones is 1. The molecule has 1 saturated carbocycles. The summed E-state index contributed by atoms with van der Waals surface area (Å²) in [5.41, 5.74) is -2.59. The molecule has 0 aliphatic heterocycles. The molecule has 0 spiro atoms. The number of thiophene rings is 1. The molecule has 160 valence electrons. The Labute approximate surface area is 176 Å². The molecule has 2 nitrogen and oxygen atoms in total. The van der Waals surface area contributed by atoms with E-state index in [2.05, 4.69) is 11.9 Å². The Bertz CT molecular complexity index is 643. The first-order valence-electron chi connectivity index (χ1n) is 10.1. The molecule has 1 aliphatic rings. The molecule has 0 saturated heterocycles. The van der Waals surface area contributed by atoms with Crippen molar-refractivity contribution in [1.29, 1.82) is 0 Å². The van der Waals surface area contributed by atoms with Gasteiger partial charge in [-0.05, 0) is 38.0 Å². The van der Waals surface area contributed by atoms with Crippen molar-refractivity contribution in [2.24, 2.45) is 10.9 Å². The topological polar surface area (TPSA) is 29.4 Å². The Morgan fingerprint density at radius 2 is 1.82 bits per heavy atom. The molecular weight excluding hydrogens is 395 g/mol. The zero-order chi connectivity index (χ0) is 21.7. The van der Waals surface area contributed by atoms with E-state index in [0.29, 0.717) is 15.5 Å². The van der Waals surface area contributed by atoms with E-state index in [-0.39, 0.29) is 11.4 Å². The Morgan fingerprint density at radius 1 is 1.25 bits per heavy atom. The molecule has 1 heterocycles. The van der Waals surface area contributed by atoms with Gasteiger partial charge in [-0.1, -0.05) is 68.5 Å². The predicted octanol–water partition coefficient (Wildman–Crippen LogP) is 7.79. The molecule has 1 aliphatic carbocycles. The lowest BCUT2D eigenvalue weighted by Crippen LogP contribution is -2.08. The summed E-state index contributed by atoms with van der Waals surface area (Å²) in [5, 5.41) is 0. The van der Waals surface area contributed by atoms with Crippen LogP contribution in [-0.2, 0) is 0 Å². The van der Waals surface area contributed by atoms with Gasteiger partial charge in [-0.25, -0.2) is 0 Å². The molecule has 6 heteroatoms. The van der Waals surface area contributed by atoms with E-state index >= 15 is 0 Å². The van der Waals surface area contributed by atoms with Crippen molar-refractivity contribution in [2.75, 3.05) is 7.05 Å². The number of carbonyl (C=O) groups excluding carboxylic acids is 1. The van der Waals surface area contributed by atoms with Crippen molar-refractivity contribution in [1.82, 2.24) is 0 Å². The number of hydrogen-bond donors (Lipinski definition) is 0. The van der Waals surface area contributed by atoms with E-state index in [9.17, 15) is 13.6 Å². The molecule has 0 bridgehead atoms. The second-order valence-electron chi connectivity index (χ2n) is 6.72. The van der Waals surface area contributed by atoms with Crippen LogP contribution in [0.15, 0.2) is 28.8 Å². The quantitative estimate of drug-likeness (QED) is 0.179. The van der Waals surface area contributed by atoms with Gasteiger partial charge in [0, 0.05) is 12.6 Å². The van der Waals surface area contributed by atoms with E-state index in [0.717, 1.165) is 5.92 Å². The van der Waals surface area contributed by atoms with Gasteiger partial charge in [0.2, 0.25) is 0 Å². The van der Waals surface area contributed by atoms with E-state index in [1.165, 1.54) is 86.1 Å². The van der Waals surface area contributed by atoms with E-state index in [1.807, 2.05) is 13.8 Å². The van der Waals surface area contributed by atoms with Crippen LogP contribution in [0.3, 0.4) is 0 Å². The highest BCUT2D eigenvalue weighted by atomic mass is 32.1. The van der Waals surface area contributed by atoms with Crippen molar-refractivity contribution in [3.05, 3.63) is 33.5 Å². The molecule has 0 radical (unpaired) electrons. The third kappa shape index (κ3) is 11.2. The monoisotopic (exact) mass is 431 g/mol. The van der Waals surface area contributed by atoms with Crippen molar-refractivity contribution in [2.45, 2.75) is 78.8 Å². The average molecular weight is 432 g/mol. The molecule has 0 N–H and O–H groups in total. The molecule has 2 rings (SSSR count). The van der Waals surface area contributed by atoms with Crippen LogP contribution in [0.1, 0.15) is 87.7 Å². The maximum absolute atomic E-state index is 13.1. The number of hydrogen-bond acceptors (Lipinski definition) is 3. The number of allylic oxidation sites excluding steroid dienone is 2. The van der Waals surface area contributed by atoms with Gasteiger partial charge in [-0.3, -0.25) is 9.79 Å². The lowest BCUT2D eigenvalue weighted by atomic mass is 10.1. The van der Waals surface area contributed by atoms with Gasteiger partial charge in [0.25, 0.3) is 5.66 Å². The first kappa shape index (κ1) is 27.1. The van der Waals surface area contributed by atoms with Gasteiger partial charge in [0.1, 0.15) is 0 Å². The van der Waals surface area contributed by atoms with Crippen LogP contribution in [0.2, 0.25) is 0 Å². The minimum absolute atomic E-state index is 0.0428. The fraction of sp³-hybridized carbons (Fsp3) is 0.636. The van der Waals surface area contributed by atoms with Crippen LogP contribution >= 0.6 is 20.6 Å². The van der Waals surface area contributed by atoms with Crippen LogP contribution < -0.4 is 0 Å². The summed E-state index contributed by atoms with van der Waals surface area (Å²) in [6.07, 6.45) is 10.2. The van der Waals surface area contributed by atoms with E-state index in [1.54, 1.807) is 12.1 Å². The largest absolute Gasteiger partial charge is 0.294 e.